The van der Waals surface area contributed by atoms with Gasteiger partial charge in [-0.1, -0.05) is 19.1 Å². The van der Waals surface area contributed by atoms with E-state index in [4.69, 9.17) is 5.73 Å². The van der Waals surface area contributed by atoms with Crippen molar-refractivity contribution >= 4 is 5.91 Å². The van der Waals surface area contributed by atoms with Crippen LogP contribution in [0.2, 0.25) is 0 Å². The highest BCUT2D eigenvalue weighted by molar-refractivity contribution is 5.78. The number of amides is 1. The lowest BCUT2D eigenvalue weighted by Crippen LogP contribution is -2.32. The zero-order valence-electron chi connectivity index (χ0n) is 11.5. The first-order valence-corrected chi connectivity index (χ1v) is 6.43. The number of alkyl halides is 3. The molecule has 2 atom stereocenters. The molecule has 3 nitrogen and oxygen atoms in total. The number of rotatable bonds is 5. The van der Waals surface area contributed by atoms with Crippen molar-refractivity contribution in [3.8, 4) is 0 Å². The van der Waals surface area contributed by atoms with E-state index in [-0.39, 0.29) is 17.9 Å². The lowest BCUT2D eigenvalue weighted by molar-refractivity contribution is -0.137. The number of nitrogens with two attached hydrogens (primary N) is 1. The van der Waals surface area contributed by atoms with Crippen LogP contribution in [0.15, 0.2) is 24.3 Å². The van der Waals surface area contributed by atoms with E-state index in [1.54, 1.807) is 13.8 Å². The molecule has 1 rings (SSSR count). The second-order valence-electron chi connectivity index (χ2n) is 4.83. The van der Waals surface area contributed by atoms with Crippen molar-refractivity contribution in [2.75, 3.05) is 6.54 Å². The van der Waals surface area contributed by atoms with Crippen LogP contribution in [0.5, 0.6) is 0 Å². The van der Waals surface area contributed by atoms with Crippen LogP contribution in [0.25, 0.3) is 0 Å². The summed E-state index contributed by atoms with van der Waals surface area (Å²) in [5.74, 6) is -0.361. The van der Waals surface area contributed by atoms with Gasteiger partial charge in [0.1, 0.15) is 0 Å². The molecule has 0 saturated heterocycles. The summed E-state index contributed by atoms with van der Waals surface area (Å²) in [5, 5.41) is 2.76. The average Bonchev–Trinajstić information content (AvgIpc) is 2.38. The third-order valence-corrected chi connectivity index (χ3v) is 3.14. The van der Waals surface area contributed by atoms with Gasteiger partial charge in [-0.2, -0.15) is 13.2 Å². The van der Waals surface area contributed by atoms with Crippen LogP contribution in [-0.4, -0.2) is 12.5 Å². The molecule has 0 spiro atoms. The van der Waals surface area contributed by atoms with Crippen LogP contribution >= 0.6 is 0 Å². The van der Waals surface area contributed by atoms with Gasteiger partial charge < -0.3 is 11.1 Å². The summed E-state index contributed by atoms with van der Waals surface area (Å²) in [6.45, 7) is 3.92. The van der Waals surface area contributed by atoms with E-state index in [9.17, 15) is 18.0 Å². The molecule has 0 aliphatic carbocycles. The molecule has 0 aliphatic rings. The molecule has 0 radical (unpaired) electrons. The number of benzene rings is 1. The van der Waals surface area contributed by atoms with Gasteiger partial charge in [0.15, 0.2) is 0 Å². The van der Waals surface area contributed by atoms with Crippen molar-refractivity contribution in [1.82, 2.24) is 5.32 Å². The summed E-state index contributed by atoms with van der Waals surface area (Å²) in [6.07, 6.45) is -3.77. The number of halogens is 3. The maximum absolute atomic E-state index is 12.4. The van der Waals surface area contributed by atoms with Gasteiger partial charge in [-0.15, -0.1) is 0 Å². The molecule has 0 fully saturated rings. The third kappa shape index (κ3) is 4.52. The highest BCUT2D eigenvalue weighted by atomic mass is 19.4. The monoisotopic (exact) mass is 288 g/mol. The topological polar surface area (TPSA) is 55.1 Å². The first-order valence-electron chi connectivity index (χ1n) is 6.43. The minimum absolute atomic E-state index is 0.150. The lowest BCUT2D eigenvalue weighted by atomic mass is 10.0. The first-order chi connectivity index (χ1) is 9.25. The SMILES string of the molecule is CC(CCN)C(=O)NC(C)c1ccc(C(F)(F)F)cc1. The van der Waals surface area contributed by atoms with Crippen molar-refractivity contribution in [3.05, 3.63) is 35.4 Å². The molecule has 20 heavy (non-hydrogen) atoms. The van der Waals surface area contributed by atoms with Gasteiger partial charge in [0.25, 0.3) is 0 Å². The Balaban J connectivity index is 2.69. The summed E-state index contributed by atoms with van der Waals surface area (Å²) in [4.78, 5) is 11.8. The molecule has 112 valence electrons. The maximum Gasteiger partial charge on any atom is 0.416 e. The third-order valence-electron chi connectivity index (χ3n) is 3.14. The second-order valence-corrected chi connectivity index (χ2v) is 4.83. The Labute approximate surface area is 116 Å². The number of nitrogens with one attached hydrogen (secondary N) is 1. The van der Waals surface area contributed by atoms with E-state index in [0.29, 0.717) is 18.5 Å². The first kappa shape index (κ1) is 16.5. The number of hydrogen-bond acceptors (Lipinski definition) is 2. The summed E-state index contributed by atoms with van der Waals surface area (Å²) in [6, 6.07) is 4.44. The van der Waals surface area contributed by atoms with E-state index >= 15 is 0 Å². The van der Waals surface area contributed by atoms with Crippen molar-refractivity contribution in [1.29, 1.82) is 0 Å². The van der Waals surface area contributed by atoms with E-state index < -0.39 is 11.7 Å². The predicted molar refractivity (Wildman–Crippen MR) is 70.8 cm³/mol. The van der Waals surface area contributed by atoms with Gasteiger partial charge in [-0.05, 0) is 37.6 Å². The molecule has 1 amide bonds. The average molecular weight is 288 g/mol. The summed E-state index contributed by atoms with van der Waals surface area (Å²) >= 11 is 0. The Morgan fingerprint density at radius 2 is 1.80 bits per heavy atom. The fraction of sp³-hybridized carbons (Fsp3) is 0.500. The van der Waals surface area contributed by atoms with E-state index in [0.717, 1.165) is 12.1 Å². The maximum atomic E-state index is 12.4. The van der Waals surface area contributed by atoms with Gasteiger partial charge in [0.2, 0.25) is 5.91 Å². The minimum Gasteiger partial charge on any atom is -0.349 e. The van der Waals surface area contributed by atoms with E-state index in [2.05, 4.69) is 5.32 Å². The Morgan fingerprint density at radius 3 is 2.25 bits per heavy atom. The standard InChI is InChI=1S/C14H19F3N2O/c1-9(7-8-18)13(20)19-10(2)11-3-5-12(6-4-11)14(15,16)17/h3-6,9-10H,7-8,18H2,1-2H3,(H,19,20). The fourth-order valence-electron chi connectivity index (χ4n) is 1.78. The molecular formula is C14H19F3N2O. The Hall–Kier alpha value is -1.56. The minimum atomic E-state index is -4.35. The normalized spacial score (nSPS) is 14.7. The van der Waals surface area contributed by atoms with Crippen LogP contribution < -0.4 is 11.1 Å². The van der Waals surface area contributed by atoms with Crippen LogP contribution in [-0.2, 0) is 11.0 Å². The van der Waals surface area contributed by atoms with Crippen molar-refractivity contribution in [3.63, 3.8) is 0 Å². The lowest BCUT2D eigenvalue weighted by Gasteiger charge is -2.18. The number of carbonyl (C=O) groups is 1. The largest absolute Gasteiger partial charge is 0.416 e. The molecule has 0 aliphatic heterocycles. The van der Waals surface area contributed by atoms with Crippen LogP contribution in [0.4, 0.5) is 13.2 Å². The molecule has 6 heteroatoms. The summed E-state index contributed by atoms with van der Waals surface area (Å²) in [5.41, 5.74) is 5.31. The summed E-state index contributed by atoms with van der Waals surface area (Å²) < 4.78 is 37.3. The molecule has 0 heterocycles. The second kappa shape index (κ2) is 6.74. The van der Waals surface area contributed by atoms with Crippen molar-refractivity contribution in [2.24, 2.45) is 11.7 Å². The molecule has 2 unspecified atom stereocenters. The van der Waals surface area contributed by atoms with Crippen LogP contribution in [0, 0.1) is 5.92 Å². The van der Waals surface area contributed by atoms with Gasteiger partial charge >= 0.3 is 6.18 Å². The number of hydrogen-bond donors (Lipinski definition) is 2. The Morgan fingerprint density at radius 1 is 1.25 bits per heavy atom. The molecule has 0 saturated carbocycles. The molecule has 0 bridgehead atoms. The van der Waals surface area contributed by atoms with Crippen LogP contribution in [0.3, 0.4) is 0 Å². The zero-order valence-corrected chi connectivity index (χ0v) is 11.5. The van der Waals surface area contributed by atoms with E-state index in [1.807, 2.05) is 0 Å². The highest BCUT2D eigenvalue weighted by Crippen LogP contribution is 2.29. The number of carbonyl (C=O) groups excluding carboxylic acids is 1. The summed E-state index contributed by atoms with van der Waals surface area (Å²) in [7, 11) is 0. The quantitative estimate of drug-likeness (QED) is 0.875. The van der Waals surface area contributed by atoms with E-state index in [1.165, 1.54) is 12.1 Å². The van der Waals surface area contributed by atoms with Gasteiger partial charge in [0, 0.05) is 5.92 Å². The van der Waals surface area contributed by atoms with Gasteiger partial charge in [0.05, 0.1) is 11.6 Å². The molecule has 0 aromatic heterocycles. The highest BCUT2D eigenvalue weighted by Gasteiger charge is 2.30. The Bertz CT molecular complexity index is 443. The molecule has 1 aromatic carbocycles. The predicted octanol–water partition coefficient (Wildman–Crippen LogP) is 2.87. The zero-order chi connectivity index (χ0) is 15.3. The van der Waals surface area contributed by atoms with Gasteiger partial charge in [-0.25, -0.2) is 0 Å². The smallest absolute Gasteiger partial charge is 0.349 e. The molecular weight excluding hydrogens is 269 g/mol. The van der Waals surface area contributed by atoms with Crippen molar-refractivity contribution in [2.45, 2.75) is 32.5 Å². The van der Waals surface area contributed by atoms with Gasteiger partial charge in [-0.3, -0.25) is 4.79 Å². The molecule has 1 aromatic rings. The van der Waals surface area contributed by atoms with Crippen LogP contribution in [0.1, 0.15) is 37.4 Å². The Kier molecular flexibility index (Phi) is 5.56. The molecule has 3 N–H and O–H groups in total. The fourth-order valence-corrected chi connectivity index (χ4v) is 1.78. The van der Waals surface area contributed by atoms with Crippen molar-refractivity contribution < 1.29 is 18.0 Å².